The average molecular weight is 297 g/mol. The zero-order chi connectivity index (χ0) is 14.8. The highest BCUT2D eigenvalue weighted by Gasteiger charge is 2.08. The van der Waals surface area contributed by atoms with E-state index in [0.717, 1.165) is 29.4 Å². The summed E-state index contributed by atoms with van der Waals surface area (Å²) < 4.78 is 2.22. The molecule has 21 heavy (non-hydrogen) atoms. The van der Waals surface area contributed by atoms with E-state index >= 15 is 0 Å². The van der Waals surface area contributed by atoms with Crippen LogP contribution in [-0.2, 0) is 6.54 Å². The first-order valence-corrected chi connectivity index (χ1v) is 8.09. The van der Waals surface area contributed by atoms with Gasteiger partial charge in [0.1, 0.15) is 0 Å². The Hall–Kier alpha value is -1.94. The molecule has 0 radical (unpaired) electrons. The number of rotatable bonds is 4. The summed E-state index contributed by atoms with van der Waals surface area (Å²) in [5.41, 5.74) is 10.2. The molecule has 3 rings (SSSR count). The zero-order valence-electron chi connectivity index (χ0n) is 12.3. The van der Waals surface area contributed by atoms with E-state index < -0.39 is 0 Å². The lowest BCUT2D eigenvalue weighted by atomic mass is 10.2. The number of hydrogen-bond acceptors (Lipinski definition) is 3. The van der Waals surface area contributed by atoms with Gasteiger partial charge in [0.05, 0.1) is 17.8 Å². The molecule has 3 nitrogen and oxygen atoms in total. The number of nitrogen functional groups attached to an aromatic ring is 1. The fraction of sp³-hybridized carbons (Fsp3) is 0.235. The van der Waals surface area contributed by atoms with E-state index in [2.05, 4.69) is 46.9 Å². The summed E-state index contributed by atoms with van der Waals surface area (Å²) in [6.45, 7) is 4.95. The standard InChI is InChI=1S/C17H19N3S/c1-3-21-17-10-13(18)9-16-15(17)7-8-20(16)11-14-6-4-5-12(2)19-14/h4-10H,3,11,18H2,1-2H3. The first kappa shape index (κ1) is 14.0. The van der Waals surface area contributed by atoms with Crippen molar-refractivity contribution in [2.24, 2.45) is 0 Å². The highest BCUT2D eigenvalue weighted by atomic mass is 32.2. The third-order valence-corrected chi connectivity index (χ3v) is 4.39. The molecule has 4 heteroatoms. The van der Waals surface area contributed by atoms with E-state index in [0.29, 0.717) is 0 Å². The van der Waals surface area contributed by atoms with Gasteiger partial charge in [0.15, 0.2) is 0 Å². The molecular formula is C17H19N3S. The number of aryl methyl sites for hydroxylation is 1. The molecule has 108 valence electrons. The molecule has 0 spiro atoms. The number of hydrogen-bond donors (Lipinski definition) is 1. The molecule has 2 aromatic heterocycles. The van der Waals surface area contributed by atoms with Gasteiger partial charge in [0.2, 0.25) is 0 Å². The third-order valence-electron chi connectivity index (χ3n) is 3.45. The Morgan fingerprint density at radius 2 is 2.10 bits per heavy atom. The normalized spacial score (nSPS) is 11.1. The van der Waals surface area contributed by atoms with E-state index in [9.17, 15) is 0 Å². The zero-order valence-corrected chi connectivity index (χ0v) is 13.2. The Bertz CT molecular complexity index is 777. The molecule has 0 aliphatic rings. The Morgan fingerprint density at radius 3 is 2.86 bits per heavy atom. The molecule has 0 aliphatic carbocycles. The van der Waals surface area contributed by atoms with Gasteiger partial charge < -0.3 is 10.3 Å². The van der Waals surface area contributed by atoms with Crippen molar-refractivity contribution in [1.82, 2.24) is 9.55 Å². The van der Waals surface area contributed by atoms with Crippen molar-refractivity contribution in [3.8, 4) is 0 Å². The van der Waals surface area contributed by atoms with Gasteiger partial charge in [-0.05, 0) is 43.0 Å². The van der Waals surface area contributed by atoms with E-state index in [1.807, 2.05) is 30.8 Å². The predicted molar refractivity (Wildman–Crippen MR) is 90.8 cm³/mol. The summed E-state index contributed by atoms with van der Waals surface area (Å²) in [5.74, 6) is 1.04. The summed E-state index contributed by atoms with van der Waals surface area (Å²) in [7, 11) is 0. The predicted octanol–water partition coefficient (Wildman–Crippen LogP) is 4.09. The summed E-state index contributed by atoms with van der Waals surface area (Å²) in [5, 5.41) is 1.27. The van der Waals surface area contributed by atoms with Crippen LogP contribution in [-0.4, -0.2) is 15.3 Å². The minimum absolute atomic E-state index is 0.769. The second-order valence-electron chi connectivity index (χ2n) is 5.10. The molecule has 0 amide bonds. The highest BCUT2D eigenvalue weighted by molar-refractivity contribution is 7.99. The topological polar surface area (TPSA) is 43.8 Å². The van der Waals surface area contributed by atoms with Gasteiger partial charge in [0, 0.05) is 27.9 Å². The van der Waals surface area contributed by atoms with Crippen LogP contribution in [0.15, 0.2) is 47.5 Å². The maximum Gasteiger partial charge on any atom is 0.0648 e. The van der Waals surface area contributed by atoms with Crippen LogP contribution < -0.4 is 5.73 Å². The van der Waals surface area contributed by atoms with Crippen LogP contribution in [0.25, 0.3) is 10.9 Å². The smallest absolute Gasteiger partial charge is 0.0648 e. The van der Waals surface area contributed by atoms with Gasteiger partial charge >= 0.3 is 0 Å². The lowest BCUT2D eigenvalue weighted by molar-refractivity contribution is 0.802. The number of nitrogens with zero attached hydrogens (tertiary/aromatic N) is 2. The van der Waals surface area contributed by atoms with E-state index in [4.69, 9.17) is 5.73 Å². The number of fused-ring (bicyclic) bond motifs is 1. The molecule has 1 aromatic carbocycles. The number of benzene rings is 1. The number of nitrogens with two attached hydrogens (primary N) is 1. The van der Waals surface area contributed by atoms with Crippen molar-refractivity contribution in [1.29, 1.82) is 0 Å². The second-order valence-corrected chi connectivity index (χ2v) is 6.40. The van der Waals surface area contributed by atoms with Gasteiger partial charge in [-0.25, -0.2) is 0 Å². The molecular weight excluding hydrogens is 278 g/mol. The van der Waals surface area contributed by atoms with Gasteiger partial charge in [-0.2, -0.15) is 0 Å². The van der Waals surface area contributed by atoms with Crippen LogP contribution in [0, 0.1) is 6.92 Å². The summed E-state index contributed by atoms with van der Waals surface area (Å²) in [4.78, 5) is 5.83. The summed E-state index contributed by atoms with van der Waals surface area (Å²) in [6.07, 6.45) is 2.12. The average Bonchev–Trinajstić information content (AvgIpc) is 2.82. The fourth-order valence-electron chi connectivity index (χ4n) is 2.56. The van der Waals surface area contributed by atoms with Crippen molar-refractivity contribution in [2.45, 2.75) is 25.3 Å². The van der Waals surface area contributed by atoms with Crippen molar-refractivity contribution in [3.63, 3.8) is 0 Å². The van der Waals surface area contributed by atoms with Crippen LogP contribution in [0.1, 0.15) is 18.3 Å². The molecule has 0 atom stereocenters. The van der Waals surface area contributed by atoms with Crippen LogP contribution in [0.4, 0.5) is 5.69 Å². The van der Waals surface area contributed by atoms with Crippen LogP contribution in [0.2, 0.25) is 0 Å². The second kappa shape index (κ2) is 5.82. The van der Waals surface area contributed by atoms with Crippen molar-refractivity contribution >= 4 is 28.4 Å². The van der Waals surface area contributed by atoms with Crippen LogP contribution >= 0.6 is 11.8 Å². The van der Waals surface area contributed by atoms with Crippen molar-refractivity contribution < 1.29 is 0 Å². The minimum Gasteiger partial charge on any atom is -0.399 e. The quantitative estimate of drug-likeness (QED) is 0.583. The molecule has 0 bridgehead atoms. The Labute approximate surface area is 129 Å². The van der Waals surface area contributed by atoms with E-state index in [1.54, 1.807) is 0 Å². The van der Waals surface area contributed by atoms with Crippen molar-refractivity contribution in [2.75, 3.05) is 11.5 Å². The lowest BCUT2D eigenvalue weighted by Gasteiger charge is -2.08. The van der Waals surface area contributed by atoms with Gasteiger partial charge in [-0.15, -0.1) is 11.8 Å². The Balaban J connectivity index is 2.03. The largest absolute Gasteiger partial charge is 0.399 e. The molecule has 3 aromatic rings. The molecule has 2 N–H and O–H groups in total. The first-order valence-electron chi connectivity index (χ1n) is 7.11. The Morgan fingerprint density at radius 1 is 1.24 bits per heavy atom. The van der Waals surface area contributed by atoms with E-state index in [-0.39, 0.29) is 0 Å². The maximum atomic E-state index is 6.06. The Kier molecular flexibility index (Phi) is 3.88. The molecule has 0 fully saturated rings. The number of pyridine rings is 1. The molecule has 0 saturated heterocycles. The van der Waals surface area contributed by atoms with Gasteiger partial charge in [0.25, 0.3) is 0 Å². The summed E-state index contributed by atoms with van der Waals surface area (Å²) >= 11 is 1.83. The maximum absolute atomic E-state index is 6.06. The minimum atomic E-state index is 0.769. The van der Waals surface area contributed by atoms with E-state index in [1.165, 1.54) is 15.8 Å². The number of thioether (sulfide) groups is 1. The van der Waals surface area contributed by atoms with Crippen LogP contribution in [0.3, 0.4) is 0 Å². The third kappa shape index (κ3) is 2.90. The molecule has 0 aliphatic heterocycles. The lowest BCUT2D eigenvalue weighted by Crippen LogP contribution is -2.01. The molecule has 0 saturated carbocycles. The number of anilines is 1. The number of aromatic nitrogens is 2. The van der Waals surface area contributed by atoms with Gasteiger partial charge in [-0.1, -0.05) is 13.0 Å². The first-order chi connectivity index (χ1) is 10.2. The monoisotopic (exact) mass is 297 g/mol. The molecule has 2 heterocycles. The molecule has 0 unspecified atom stereocenters. The van der Waals surface area contributed by atoms with Gasteiger partial charge in [-0.3, -0.25) is 4.98 Å². The fourth-order valence-corrected chi connectivity index (χ4v) is 3.42. The van der Waals surface area contributed by atoms with Crippen molar-refractivity contribution in [3.05, 3.63) is 54.0 Å². The summed E-state index contributed by atoms with van der Waals surface area (Å²) in [6, 6.07) is 12.4. The van der Waals surface area contributed by atoms with Crippen LogP contribution in [0.5, 0.6) is 0 Å². The SMILES string of the molecule is CCSc1cc(N)cc2c1ccn2Cc1cccc(C)n1. The highest BCUT2D eigenvalue weighted by Crippen LogP contribution is 2.31.